The van der Waals surface area contributed by atoms with Gasteiger partial charge in [-0.1, -0.05) is 20.8 Å². The van der Waals surface area contributed by atoms with Crippen molar-refractivity contribution in [3.8, 4) is 0 Å². The van der Waals surface area contributed by atoms with Crippen LogP contribution in [0, 0.1) is 5.41 Å². The van der Waals surface area contributed by atoms with Gasteiger partial charge >= 0.3 is 0 Å². The van der Waals surface area contributed by atoms with Crippen LogP contribution < -0.4 is 5.32 Å². The molecule has 17 heavy (non-hydrogen) atoms. The molecule has 0 bridgehead atoms. The lowest BCUT2D eigenvalue weighted by molar-refractivity contribution is -0.00693. The SMILES string of the molecule is CCCOCCC1(CNC(C)C)CCOCC1. The average molecular weight is 243 g/mol. The Morgan fingerprint density at radius 3 is 2.53 bits per heavy atom. The molecular weight excluding hydrogens is 214 g/mol. The fourth-order valence-electron chi connectivity index (χ4n) is 2.28. The van der Waals surface area contributed by atoms with E-state index in [0.717, 1.165) is 45.8 Å². The predicted octanol–water partition coefficient (Wildman–Crippen LogP) is 2.60. The van der Waals surface area contributed by atoms with E-state index in [1.165, 1.54) is 12.8 Å². The molecule has 1 saturated heterocycles. The molecule has 0 spiro atoms. The number of rotatable bonds is 8. The van der Waals surface area contributed by atoms with Gasteiger partial charge in [-0.15, -0.1) is 0 Å². The van der Waals surface area contributed by atoms with Crippen molar-refractivity contribution in [2.45, 2.75) is 52.5 Å². The van der Waals surface area contributed by atoms with Gasteiger partial charge < -0.3 is 14.8 Å². The molecule has 102 valence electrons. The van der Waals surface area contributed by atoms with Crippen molar-refractivity contribution in [1.29, 1.82) is 0 Å². The zero-order valence-electron chi connectivity index (χ0n) is 11.8. The second-order valence-electron chi connectivity index (χ2n) is 5.51. The summed E-state index contributed by atoms with van der Waals surface area (Å²) < 4.78 is 11.1. The van der Waals surface area contributed by atoms with Gasteiger partial charge in [0.05, 0.1) is 0 Å². The van der Waals surface area contributed by atoms with Crippen molar-refractivity contribution in [1.82, 2.24) is 5.32 Å². The minimum absolute atomic E-state index is 0.399. The molecule has 1 heterocycles. The quantitative estimate of drug-likeness (QED) is 0.665. The van der Waals surface area contributed by atoms with Gasteiger partial charge in [0.1, 0.15) is 0 Å². The Balaban J connectivity index is 2.35. The molecule has 1 rings (SSSR count). The lowest BCUT2D eigenvalue weighted by atomic mass is 9.77. The Hall–Kier alpha value is -0.120. The van der Waals surface area contributed by atoms with Crippen LogP contribution in [0.25, 0.3) is 0 Å². The van der Waals surface area contributed by atoms with Crippen molar-refractivity contribution in [3.05, 3.63) is 0 Å². The van der Waals surface area contributed by atoms with E-state index >= 15 is 0 Å². The second-order valence-corrected chi connectivity index (χ2v) is 5.51. The highest BCUT2D eigenvalue weighted by Gasteiger charge is 2.32. The van der Waals surface area contributed by atoms with Crippen LogP contribution in [-0.4, -0.2) is 39.0 Å². The molecule has 1 aliphatic rings. The average Bonchev–Trinajstić information content (AvgIpc) is 2.34. The first-order valence-electron chi connectivity index (χ1n) is 7.07. The third kappa shape index (κ3) is 5.84. The van der Waals surface area contributed by atoms with Gasteiger partial charge in [0.25, 0.3) is 0 Å². The molecule has 0 saturated carbocycles. The molecule has 1 N–H and O–H groups in total. The molecule has 0 radical (unpaired) electrons. The van der Waals surface area contributed by atoms with Crippen LogP contribution in [0.15, 0.2) is 0 Å². The molecule has 1 fully saturated rings. The van der Waals surface area contributed by atoms with Crippen LogP contribution in [-0.2, 0) is 9.47 Å². The van der Waals surface area contributed by atoms with Gasteiger partial charge in [-0.05, 0) is 31.1 Å². The van der Waals surface area contributed by atoms with E-state index in [0.29, 0.717) is 11.5 Å². The van der Waals surface area contributed by atoms with Gasteiger partial charge in [0.15, 0.2) is 0 Å². The van der Waals surface area contributed by atoms with Gasteiger partial charge in [-0.3, -0.25) is 0 Å². The van der Waals surface area contributed by atoms with Crippen LogP contribution in [0.3, 0.4) is 0 Å². The third-order valence-corrected chi connectivity index (χ3v) is 3.56. The van der Waals surface area contributed by atoms with Crippen LogP contribution in [0.2, 0.25) is 0 Å². The first kappa shape index (κ1) is 14.9. The topological polar surface area (TPSA) is 30.5 Å². The molecule has 3 heteroatoms. The van der Waals surface area contributed by atoms with Crippen molar-refractivity contribution >= 4 is 0 Å². The minimum Gasteiger partial charge on any atom is -0.381 e. The summed E-state index contributed by atoms with van der Waals surface area (Å²) in [5.74, 6) is 0. The van der Waals surface area contributed by atoms with Crippen LogP contribution in [0.5, 0.6) is 0 Å². The summed E-state index contributed by atoms with van der Waals surface area (Å²) in [4.78, 5) is 0. The molecule has 0 aromatic carbocycles. The summed E-state index contributed by atoms with van der Waals surface area (Å²) >= 11 is 0. The van der Waals surface area contributed by atoms with E-state index in [1.54, 1.807) is 0 Å². The lowest BCUT2D eigenvalue weighted by Gasteiger charge is -2.38. The number of hydrogen-bond acceptors (Lipinski definition) is 3. The molecule has 0 aliphatic carbocycles. The highest BCUT2D eigenvalue weighted by Crippen LogP contribution is 2.33. The number of nitrogens with one attached hydrogen (secondary N) is 1. The van der Waals surface area contributed by atoms with Crippen LogP contribution >= 0.6 is 0 Å². The molecule has 0 unspecified atom stereocenters. The van der Waals surface area contributed by atoms with Crippen molar-refractivity contribution < 1.29 is 9.47 Å². The van der Waals surface area contributed by atoms with E-state index in [4.69, 9.17) is 9.47 Å². The Kier molecular flexibility index (Phi) is 7.09. The maximum absolute atomic E-state index is 5.65. The van der Waals surface area contributed by atoms with Crippen LogP contribution in [0.4, 0.5) is 0 Å². The van der Waals surface area contributed by atoms with Crippen molar-refractivity contribution in [3.63, 3.8) is 0 Å². The Morgan fingerprint density at radius 2 is 1.94 bits per heavy atom. The Morgan fingerprint density at radius 1 is 1.24 bits per heavy atom. The summed E-state index contributed by atoms with van der Waals surface area (Å²) in [6.07, 6.45) is 4.61. The van der Waals surface area contributed by atoms with E-state index in [9.17, 15) is 0 Å². The second kappa shape index (κ2) is 8.06. The predicted molar refractivity (Wildman–Crippen MR) is 71.4 cm³/mol. The Labute approximate surface area is 106 Å². The molecule has 0 amide bonds. The minimum atomic E-state index is 0.399. The highest BCUT2D eigenvalue weighted by molar-refractivity contribution is 4.84. The van der Waals surface area contributed by atoms with Crippen LogP contribution in [0.1, 0.15) is 46.5 Å². The van der Waals surface area contributed by atoms with Gasteiger partial charge in [0.2, 0.25) is 0 Å². The van der Waals surface area contributed by atoms with Gasteiger partial charge in [0, 0.05) is 39.0 Å². The standard InChI is InChI=1S/C14H29NO2/c1-4-8-16-9-5-14(12-15-13(2)3)6-10-17-11-7-14/h13,15H,4-12H2,1-3H3. The molecule has 1 aliphatic heterocycles. The molecule has 0 aromatic heterocycles. The van der Waals surface area contributed by atoms with E-state index in [1.807, 2.05) is 0 Å². The zero-order chi connectivity index (χ0) is 12.6. The lowest BCUT2D eigenvalue weighted by Crippen LogP contribution is -2.42. The van der Waals surface area contributed by atoms with E-state index < -0.39 is 0 Å². The zero-order valence-corrected chi connectivity index (χ0v) is 11.8. The molecule has 0 aromatic rings. The molecular formula is C14H29NO2. The maximum Gasteiger partial charge on any atom is 0.0471 e. The molecule has 3 nitrogen and oxygen atoms in total. The summed E-state index contributed by atoms with van der Waals surface area (Å²) in [6.45, 7) is 11.3. The fourth-order valence-corrected chi connectivity index (χ4v) is 2.28. The summed E-state index contributed by atoms with van der Waals surface area (Å²) in [5.41, 5.74) is 0.399. The Bertz CT molecular complexity index is 189. The maximum atomic E-state index is 5.65. The largest absolute Gasteiger partial charge is 0.381 e. The van der Waals surface area contributed by atoms with E-state index in [-0.39, 0.29) is 0 Å². The first-order valence-corrected chi connectivity index (χ1v) is 7.07. The molecule has 0 atom stereocenters. The normalized spacial score (nSPS) is 19.8. The van der Waals surface area contributed by atoms with Crippen molar-refractivity contribution in [2.24, 2.45) is 5.41 Å². The van der Waals surface area contributed by atoms with Gasteiger partial charge in [-0.2, -0.15) is 0 Å². The smallest absolute Gasteiger partial charge is 0.0471 e. The number of ether oxygens (including phenoxy) is 2. The first-order chi connectivity index (χ1) is 8.18. The monoisotopic (exact) mass is 243 g/mol. The van der Waals surface area contributed by atoms with Crippen molar-refractivity contribution in [2.75, 3.05) is 33.0 Å². The van der Waals surface area contributed by atoms with Gasteiger partial charge in [-0.25, -0.2) is 0 Å². The summed E-state index contributed by atoms with van der Waals surface area (Å²) in [6, 6.07) is 0.561. The fraction of sp³-hybridized carbons (Fsp3) is 1.00. The van der Waals surface area contributed by atoms with E-state index in [2.05, 4.69) is 26.1 Å². The number of hydrogen-bond donors (Lipinski definition) is 1. The summed E-state index contributed by atoms with van der Waals surface area (Å²) in [5, 5.41) is 3.59. The summed E-state index contributed by atoms with van der Waals surface area (Å²) in [7, 11) is 0. The third-order valence-electron chi connectivity index (χ3n) is 3.56. The highest BCUT2D eigenvalue weighted by atomic mass is 16.5.